The number of aromatic hydroxyl groups is 5. The van der Waals surface area contributed by atoms with Crippen LogP contribution in [0.3, 0.4) is 0 Å². The second kappa shape index (κ2) is 7.89. The van der Waals surface area contributed by atoms with Crippen LogP contribution in [0.4, 0.5) is 0 Å². The van der Waals surface area contributed by atoms with Crippen LogP contribution in [0.5, 0.6) is 40.2 Å². The van der Waals surface area contributed by atoms with Gasteiger partial charge in [-0.25, -0.2) is 4.79 Å². The summed E-state index contributed by atoms with van der Waals surface area (Å²) in [5, 5.41) is 61.8. The van der Waals surface area contributed by atoms with Gasteiger partial charge in [0.25, 0.3) is 0 Å². The van der Waals surface area contributed by atoms with Gasteiger partial charge in [-0.15, -0.1) is 0 Å². The number of hydrogen-bond acceptors (Lipinski definition) is 9. The summed E-state index contributed by atoms with van der Waals surface area (Å²) in [6.07, 6.45) is 0. The van der Waals surface area contributed by atoms with Crippen molar-refractivity contribution < 1.29 is 53.1 Å². The van der Waals surface area contributed by atoms with Crippen LogP contribution in [0.2, 0.25) is 0 Å². The predicted octanol–water partition coefficient (Wildman–Crippen LogP) is 3.55. The Hall–Kier alpha value is -3.38. The maximum atomic E-state index is 11.8. The smallest absolute Gasteiger partial charge is 0.343 e. The highest BCUT2D eigenvalue weighted by Crippen LogP contribution is 2.54. The van der Waals surface area contributed by atoms with Crippen molar-refractivity contribution in [3.05, 3.63) is 22.8 Å². The Kier molecular flexibility index (Phi) is 6.18. The molecule has 33 heavy (non-hydrogen) atoms. The first-order valence-electron chi connectivity index (χ1n) is 9.50. The third kappa shape index (κ3) is 4.57. The normalized spacial score (nSPS) is 12.6. The average Bonchev–Trinajstić information content (AvgIpc) is 2.58. The molecule has 0 amide bonds. The number of phenolic OH excluding ortho intramolecular Hbond substituents is 4. The van der Waals surface area contributed by atoms with Gasteiger partial charge in [0.1, 0.15) is 5.75 Å². The second-order valence-electron chi connectivity index (χ2n) is 9.46. The van der Waals surface area contributed by atoms with Crippen LogP contribution in [-0.4, -0.2) is 49.6 Å². The zero-order valence-corrected chi connectivity index (χ0v) is 19.6. The molecule has 0 saturated heterocycles. The van der Waals surface area contributed by atoms with Crippen LogP contribution in [0.25, 0.3) is 0 Å². The number of benzene rings is 2. The largest absolute Gasteiger partial charge is 0.506 e. The molecule has 0 fully saturated rings. The van der Waals surface area contributed by atoms with Crippen molar-refractivity contribution in [2.45, 2.75) is 57.3 Å². The summed E-state index contributed by atoms with van der Waals surface area (Å²) in [5.41, 5.74) is -3.46. The van der Waals surface area contributed by atoms with Gasteiger partial charge in [0, 0.05) is 11.1 Å². The molecule has 0 aromatic heterocycles. The standard InChI is InChI=1S/C21H26O11S/c1-20(2,3)8-7-9(13(23)18(12(8)22)33(29,30)31)32-17-10(19(27)28)14(24)15(25)11(16(17)26)21(4,5)6/h7,22-26H,1-6H3,(H,27,28)(H,29,30,31). The van der Waals surface area contributed by atoms with E-state index in [9.17, 15) is 48.4 Å². The Morgan fingerprint density at radius 1 is 0.818 bits per heavy atom. The zero-order valence-electron chi connectivity index (χ0n) is 18.7. The molecule has 0 heterocycles. The Bertz CT molecular complexity index is 1250. The molecule has 0 atom stereocenters. The zero-order chi connectivity index (χ0) is 25.8. The fourth-order valence-corrected chi connectivity index (χ4v) is 4.01. The fraction of sp³-hybridized carbons (Fsp3) is 0.381. The summed E-state index contributed by atoms with van der Waals surface area (Å²) in [6, 6.07) is 0.991. The van der Waals surface area contributed by atoms with E-state index in [1.165, 1.54) is 20.8 Å². The lowest BCUT2D eigenvalue weighted by Gasteiger charge is -2.26. The molecule has 2 aromatic carbocycles. The van der Waals surface area contributed by atoms with Crippen molar-refractivity contribution in [3.8, 4) is 40.2 Å². The van der Waals surface area contributed by atoms with Crippen LogP contribution < -0.4 is 4.74 Å². The minimum atomic E-state index is -5.19. The Morgan fingerprint density at radius 2 is 1.33 bits per heavy atom. The van der Waals surface area contributed by atoms with E-state index in [0.29, 0.717) is 0 Å². The van der Waals surface area contributed by atoms with Crippen molar-refractivity contribution in [1.82, 2.24) is 0 Å². The molecular formula is C21H26O11S. The van der Waals surface area contributed by atoms with Crippen molar-refractivity contribution in [3.63, 3.8) is 0 Å². The van der Waals surface area contributed by atoms with Gasteiger partial charge in [0.15, 0.2) is 45.0 Å². The van der Waals surface area contributed by atoms with Gasteiger partial charge in [-0.1, -0.05) is 41.5 Å². The van der Waals surface area contributed by atoms with Crippen LogP contribution in [0.15, 0.2) is 11.0 Å². The number of rotatable bonds is 4. The first-order valence-corrected chi connectivity index (χ1v) is 10.9. The third-order valence-corrected chi connectivity index (χ3v) is 5.72. The van der Waals surface area contributed by atoms with E-state index in [0.717, 1.165) is 6.07 Å². The van der Waals surface area contributed by atoms with Crippen molar-refractivity contribution >= 4 is 16.1 Å². The van der Waals surface area contributed by atoms with Gasteiger partial charge < -0.3 is 35.4 Å². The molecule has 0 aliphatic rings. The van der Waals surface area contributed by atoms with E-state index < -0.39 is 77.6 Å². The first-order chi connectivity index (χ1) is 14.7. The molecule has 0 unspecified atom stereocenters. The summed E-state index contributed by atoms with van der Waals surface area (Å²) in [4.78, 5) is 10.5. The number of phenols is 5. The van der Waals surface area contributed by atoms with Crippen molar-refractivity contribution in [2.75, 3.05) is 0 Å². The van der Waals surface area contributed by atoms with Crippen molar-refractivity contribution in [1.29, 1.82) is 0 Å². The summed E-state index contributed by atoms with van der Waals surface area (Å²) >= 11 is 0. The molecule has 7 N–H and O–H groups in total. The number of carboxylic acid groups (broad SMARTS) is 1. The van der Waals surface area contributed by atoms with E-state index in [-0.39, 0.29) is 11.1 Å². The minimum Gasteiger partial charge on any atom is -0.506 e. The highest BCUT2D eigenvalue weighted by Gasteiger charge is 2.36. The van der Waals surface area contributed by atoms with Crippen LogP contribution in [-0.2, 0) is 20.9 Å². The summed E-state index contributed by atoms with van der Waals surface area (Å²) in [5.74, 6) is -8.66. The van der Waals surface area contributed by atoms with E-state index >= 15 is 0 Å². The SMILES string of the molecule is CC(C)(C)c1cc(Oc2c(O)c(C(C)(C)C)c(O)c(O)c2C(=O)O)c(O)c(S(=O)(=O)O)c1O. The molecule has 182 valence electrons. The lowest BCUT2D eigenvalue weighted by Crippen LogP contribution is -2.15. The maximum Gasteiger partial charge on any atom is 0.343 e. The summed E-state index contributed by atoms with van der Waals surface area (Å²) in [6.45, 7) is 9.33. The molecule has 2 rings (SSSR count). The molecule has 2 aromatic rings. The van der Waals surface area contributed by atoms with Gasteiger partial charge >= 0.3 is 16.1 Å². The predicted molar refractivity (Wildman–Crippen MR) is 115 cm³/mol. The highest BCUT2D eigenvalue weighted by molar-refractivity contribution is 7.86. The molecule has 0 radical (unpaired) electrons. The lowest BCUT2D eigenvalue weighted by atomic mass is 9.84. The monoisotopic (exact) mass is 486 g/mol. The number of carboxylic acids is 1. The first kappa shape index (κ1) is 25.9. The number of hydrogen-bond donors (Lipinski definition) is 7. The summed E-state index contributed by atoms with van der Waals surface area (Å²) < 4.78 is 38.6. The molecule has 0 bridgehead atoms. The van der Waals surface area contributed by atoms with Crippen LogP contribution in [0.1, 0.15) is 63.0 Å². The fourth-order valence-electron chi connectivity index (χ4n) is 3.31. The van der Waals surface area contributed by atoms with E-state index in [1.54, 1.807) is 20.8 Å². The molecular weight excluding hydrogens is 460 g/mol. The van der Waals surface area contributed by atoms with Crippen molar-refractivity contribution in [2.24, 2.45) is 0 Å². The second-order valence-corrected chi connectivity index (χ2v) is 10.8. The molecule has 0 aliphatic carbocycles. The molecule has 12 heteroatoms. The van der Waals surface area contributed by atoms with E-state index in [1.807, 2.05) is 0 Å². The molecule has 0 saturated carbocycles. The van der Waals surface area contributed by atoms with Gasteiger partial charge in [-0.2, -0.15) is 8.42 Å². The van der Waals surface area contributed by atoms with Gasteiger partial charge in [-0.3, -0.25) is 4.55 Å². The molecule has 0 spiro atoms. The van der Waals surface area contributed by atoms with Gasteiger partial charge in [0.05, 0.1) is 0 Å². The summed E-state index contributed by atoms with van der Waals surface area (Å²) in [7, 11) is -5.19. The van der Waals surface area contributed by atoms with E-state index in [4.69, 9.17) is 4.74 Å². The Labute approximate surface area is 189 Å². The Balaban J connectivity index is 3.02. The quantitative estimate of drug-likeness (QED) is 0.189. The number of aromatic carboxylic acids is 1. The topological polar surface area (TPSA) is 202 Å². The van der Waals surface area contributed by atoms with Gasteiger partial charge in [-0.05, 0) is 16.9 Å². The average molecular weight is 486 g/mol. The van der Waals surface area contributed by atoms with Crippen LogP contribution >= 0.6 is 0 Å². The maximum absolute atomic E-state index is 11.8. The molecule has 0 aliphatic heterocycles. The Morgan fingerprint density at radius 3 is 1.73 bits per heavy atom. The minimum absolute atomic E-state index is 0.113. The molecule has 11 nitrogen and oxygen atoms in total. The highest BCUT2D eigenvalue weighted by atomic mass is 32.2. The number of ether oxygens (including phenoxy) is 1. The van der Waals surface area contributed by atoms with E-state index in [2.05, 4.69) is 0 Å². The van der Waals surface area contributed by atoms with Gasteiger partial charge in [0.2, 0.25) is 0 Å². The number of carbonyl (C=O) groups is 1. The third-order valence-electron chi connectivity index (χ3n) is 4.81. The lowest BCUT2D eigenvalue weighted by molar-refractivity contribution is 0.0688. The van der Waals surface area contributed by atoms with Crippen LogP contribution in [0, 0.1) is 0 Å².